The summed E-state index contributed by atoms with van der Waals surface area (Å²) in [6.07, 6.45) is 0. The van der Waals surface area contributed by atoms with E-state index in [1.54, 1.807) is 26.0 Å². The van der Waals surface area contributed by atoms with Crippen LogP contribution in [0.15, 0.2) is 53.5 Å². The second kappa shape index (κ2) is 9.13. The molecule has 0 aliphatic carbocycles. The molecule has 1 unspecified atom stereocenters. The lowest BCUT2D eigenvalue weighted by Crippen LogP contribution is -2.41. The third kappa shape index (κ3) is 5.26. The molecule has 0 amide bonds. The first kappa shape index (κ1) is 18.9. The average molecular weight is 346 g/mol. The van der Waals surface area contributed by atoms with Gasteiger partial charge < -0.3 is 15.5 Å². The van der Waals surface area contributed by atoms with Crippen LogP contribution in [-0.4, -0.2) is 38.5 Å². The fraction of sp³-hybridized carbons (Fsp3) is 0.316. The Kier molecular flexibility index (Phi) is 6.89. The predicted molar refractivity (Wildman–Crippen MR) is 97.4 cm³/mol. The fourth-order valence-corrected chi connectivity index (χ4v) is 2.57. The van der Waals surface area contributed by atoms with E-state index in [1.807, 2.05) is 30.3 Å². The Hall–Kier alpha value is -2.47. The molecule has 4 nitrogen and oxygen atoms in total. The smallest absolute Gasteiger partial charge is 0.191 e. The van der Waals surface area contributed by atoms with Gasteiger partial charge in [-0.3, -0.25) is 4.99 Å². The highest BCUT2D eigenvalue weighted by Gasteiger charge is 2.22. The van der Waals surface area contributed by atoms with Crippen LogP contribution in [0.1, 0.15) is 17.2 Å². The number of guanidine groups is 1. The summed E-state index contributed by atoms with van der Waals surface area (Å²) in [5.74, 6) is -0.520. The topological polar surface area (TPSA) is 39.7 Å². The predicted octanol–water partition coefficient (Wildman–Crippen LogP) is 2.93. The van der Waals surface area contributed by atoms with Crippen molar-refractivity contribution in [1.29, 1.82) is 0 Å². The normalized spacial score (nSPS) is 13.0. The molecule has 2 aromatic rings. The number of likely N-dealkylation sites (N-methyl/N-ethyl adjacent to an activating group) is 1. The summed E-state index contributed by atoms with van der Waals surface area (Å²) in [7, 11) is 5.24. The number of hydrogen-bond acceptors (Lipinski definition) is 2. The molecule has 0 saturated heterocycles. The Labute approximate surface area is 147 Å². The van der Waals surface area contributed by atoms with Gasteiger partial charge in [0, 0.05) is 25.7 Å². The van der Waals surface area contributed by atoms with E-state index in [0.29, 0.717) is 19.0 Å². The van der Waals surface area contributed by atoms with Gasteiger partial charge in [-0.15, -0.1) is 0 Å². The summed E-state index contributed by atoms with van der Waals surface area (Å²) in [4.78, 5) is 5.94. The molecule has 0 aliphatic rings. The number of benzene rings is 2. The molecule has 2 aromatic carbocycles. The van der Waals surface area contributed by atoms with E-state index >= 15 is 0 Å². The van der Waals surface area contributed by atoms with Crippen molar-refractivity contribution < 1.29 is 8.78 Å². The zero-order valence-electron chi connectivity index (χ0n) is 14.8. The zero-order valence-corrected chi connectivity index (χ0v) is 14.8. The lowest BCUT2D eigenvalue weighted by molar-refractivity contribution is 0.282. The maximum Gasteiger partial charge on any atom is 0.191 e. The van der Waals surface area contributed by atoms with Gasteiger partial charge in [-0.05, 0) is 31.8 Å². The van der Waals surface area contributed by atoms with E-state index < -0.39 is 17.7 Å². The van der Waals surface area contributed by atoms with Gasteiger partial charge in [-0.2, -0.15) is 0 Å². The summed E-state index contributed by atoms with van der Waals surface area (Å²) >= 11 is 0. The van der Waals surface area contributed by atoms with E-state index in [9.17, 15) is 8.78 Å². The molecule has 0 bridgehead atoms. The van der Waals surface area contributed by atoms with Crippen molar-refractivity contribution >= 4 is 5.96 Å². The molecule has 0 fully saturated rings. The average Bonchev–Trinajstić information content (AvgIpc) is 2.60. The van der Waals surface area contributed by atoms with E-state index in [0.717, 1.165) is 5.56 Å². The molecule has 2 N–H and O–H groups in total. The quantitative estimate of drug-likeness (QED) is 0.624. The lowest BCUT2D eigenvalue weighted by Gasteiger charge is -2.26. The van der Waals surface area contributed by atoms with Crippen LogP contribution in [0.4, 0.5) is 8.78 Å². The van der Waals surface area contributed by atoms with Crippen LogP contribution in [0.2, 0.25) is 0 Å². The Morgan fingerprint density at radius 2 is 1.64 bits per heavy atom. The Morgan fingerprint density at radius 1 is 1.00 bits per heavy atom. The fourth-order valence-electron chi connectivity index (χ4n) is 2.57. The molecular formula is C19H24F2N4. The number of aliphatic imine (C=N–C) groups is 1. The van der Waals surface area contributed by atoms with Gasteiger partial charge in [-0.1, -0.05) is 36.4 Å². The number of nitrogens with one attached hydrogen (secondary N) is 2. The van der Waals surface area contributed by atoms with Crippen LogP contribution in [0, 0.1) is 11.6 Å². The second-order valence-electron chi connectivity index (χ2n) is 5.91. The summed E-state index contributed by atoms with van der Waals surface area (Å²) in [6.45, 7) is 0.931. The highest BCUT2D eigenvalue weighted by Crippen LogP contribution is 2.23. The molecule has 0 aliphatic heterocycles. The van der Waals surface area contributed by atoms with Crippen LogP contribution in [0.3, 0.4) is 0 Å². The summed E-state index contributed by atoms with van der Waals surface area (Å²) in [5.41, 5.74) is 1.17. The molecular weight excluding hydrogens is 322 g/mol. The first-order valence-corrected chi connectivity index (χ1v) is 8.11. The molecule has 2 rings (SSSR count). The summed E-state index contributed by atoms with van der Waals surface area (Å²) in [6, 6.07) is 13.4. The second-order valence-corrected chi connectivity index (χ2v) is 5.91. The molecule has 0 radical (unpaired) electrons. The standard InChI is InChI=1S/C19H24F2N4/c1-22-19(23-12-14-8-5-4-6-9-14)24-13-17(25(2)3)18-15(20)10-7-11-16(18)21/h4-11,17H,12-13H2,1-3H3,(H2,22,23,24). The molecule has 0 aromatic heterocycles. The number of hydrogen-bond donors (Lipinski definition) is 2. The van der Waals surface area contributed by atoms with Gasteiger partial charge in [0.15, 0.2) is 5.96 Å². The SMILES string of the molecule is CN=C(NCc1ccccc1)NCC(c1c(F)cccc1F)N(C)C. The van der Waals surface area contributed by atoms with Crippen LogP contribution >= 0.6 is 0 Å². The summed E-state index contributed by atoms with van der Waals surface area (Å²) in [5, 5.41) is 6.33. The van der Waals surface area contributed by atoms with Crippen molar-refractivity contribution in [3.63, 3.8) is 0 Å². The molecule has 1 atom stereocenters. The van der Waals surface area contributed by atoms with E-state index in [2.05, 4.69) is 15.6 Å². The molecule has 0 saturated carbocycles. The third-order valence-electron chi connectivity index (χ3n) is 3.95. The van der Waals surface area contributed by atoms with Gasteiger partial charge >= 0.3 is 0 Å². The van der Waals surface area contributed by atoms with E-state index in [1.165, 1.54) is 18.2 Å². The van der Waals surface area contributed by atoms with Crippen molar-refractivity contribution in [3.05, 3.63) is 71.3 Å². The number of rotatable bonds is 6. The Morgan fingerprint density at radius 3 is 2.20 bits per heavy atom. The van der Waals surface area contributed by atoms with Gasteiger partial charge in [0.05, 0.1) is 6.04 Å². The van der Waals surface area contributed by atoms with Crippen molar-refractivity contribution in [2.75, 3.05) is 27.7 Å². The summed E-state index contributed by atoms with van der Waals surface area (Å²) < 4.78 is 28.2. The van der Waals surface area contributed by atoms with Crippen molar-refractivity contribution in [2.24, 2.45) is 4.99 Å². The monoisotopic (exact) mass is 346 g/mol. The largest absolute Gasteiger partial charge is 0.354 e. The maximum atomic E-state index is 14.1. The van der Waals surface area contributed by atoms with Crippen LogP contribution in [0.5, 0.6) is 0 Å². The molecule has 0 heterocycles. The third-order valence-corrected chi connectivity index (χ3v) is 3.95. The van der Waals surface area contributed by atoms with Gasteiger partial charge in [0.1, 0.15) is 11.6 Å². The van der Waals surface area contributed by atoms with Crippen molar-refractivity contribution in [3.8, 4) is 0 Å². The van der Waals surface area contributed by atoms with Crippen LogP contribution < -0.4 is 10.6 Å². The number of nitrogens with zero attached hydrogens (tertiary/aromatic N) is 2. The molecule has 134 valence electrons. The van der Waals surface area contributed by atoms with Crippen molar-refractivity contribution in [1.82, 2.24) is 15.5 Å². The lowest BCUT2D eigenvalue weighted by atomic mass is 10.0. The van der Waals surface area contributed by atoms with E-state index in [-0.39, 0.29) is 5.56 Å². The first-order valence-electron chi connectivity index (χ1n) is 8.11. The maximum absolute atomic E-state index is 14.1. The van der Waals surface area contributed by atoms with Crippen LogP contribution in [-0.2, 0) is 6.54 Å². The van der Waals surface area contributed by atoms with E-state index in [4.69, 9.17) is 0 Å². The Balaban J connectivity index is 2.02. The number of halogens is 2. The van der Waals surface area contributed by atoms with Crippen molar-refractivity contribution in [2.45, 2.75) is 12.6 Å². The zero-order chi connectivity index (χ0) is 18.2. The highest BCUT2D eigenvalue weighted by molar-refractivity contribution is 5.79. The van der Waals surface area contributed by atoms with Gasteiger partial charge in [-0.25, -0.2) is 8.78 Å². The molecule has 0 spiro atoms. The Bertz CT molecular complexity index is 682. The minimum atomic E-state index is -0.548. The highest BCUT2D eigenvalue weighted by atomic mass is 19.1. The minimum Gasteiger partial charge on any atom is -0.354 e. The molecule has 6 heteroatoms. The van der Waals surface area contributed by atoms with Crippen LogP contribution in [0.25, 0.3) is 0 Å². The van der Waals surface area contributed by atoms with Gasteiger partial charge in [0.2, 0.25) is 0 Å². The minimum absolute atomic E-state index is 0.0542. The first-order chi connectivity index (χ1) is 12.0. The molecule has 25 heavy (non-hydrogen) atoms. The van der Waals surface area contributed by atoms with Gasteiger partial charge in [0.25, 0.3) is 0 Å².